The van der Waals surface area contributed by atoms with E-state index >= 15 is 0 Å². The van der Waals surface area contributed by atoms with Crippen molar-refractivity contribution in [3.63, 3.8) is 0 Å². The summed E-state index contributed by atoms with van der Waals surface area (Å²) >= 11 is 0. The average molecular weight is 396 g/mol. The number of hydrogen-bond acceptors (Lipinski definition) is 4. The van der Waals surface area contributed by atoms with E-state index in [0.717, 1.165) is 18.6 Å². The minimum absolute atomic E-state index is 0.00686. The van der Waals surface area contributed by atoms with Crippen LogP contribution in [0.4, 0.5) is 0 Å². The van der Waals surface area contributed by atoms with Gasteiger partial charge in [0, 0.05) is 31.3 Å². The van der Waals surface area contributed by atoms with Crippen molar-refractivity contribution < 1.29 is 18.7 Å². The summed E-state index contributed by atoms with van der Waals surface area (Å²) in [7, 11) is 0. The van der Waals surface area contributed by atoms with Crippen molar-refractivity contribution >= 4 is 17.9 Å². The SMILES string of the molecule is CC(C)Oc1ccc(C(=O)NCC2CCN(C(=O)/C=C/c3ccco3)CC2)cc1. The molecule has 6 heteroatoms. The van der Waals surface area contributed by atoms with Gasteiger partial charge in [0.1, 0.15) is 11.5 Å². The zero-order chi connectivity index (χ0) is 20.6. The molecule has 2 aromatic rings. The highest BCUT2D eigenvalue weighted by Crippen LogP contribution is 2.18. The minimum atomic E-state index is -0.0824. The first-order chi connectivity index (χ1) is 14.0. The Morgan fingerprint density at radius 3 is 2.55 bits per heavy atom. The molecule has 6 nitrogen and oxygen atoms in total. The van der Waals surface area contributed by atoms with Crippen molar-refractivity contribution in [1.29, 1.82) is 0 Å². The molecule has 154 valence electrons. The molecule has 0 atom stereocenters. The standard InChI is InChI=1S/C23H28N2O4/c1-17(2)29-21-7-5-19(6-8-21)23(27)24-16-18-11-13-25(14-12-18)22(26)10-9-20-4-3-15-28-20/h3-10,15,17-18H,11-14,16H2,1-2H3,(H,24,27)/b10-9+. The summed E-state index contributed by atoms with van der Waals surface area (Å²) in [5.41, 5.74) is 0.622. The van der Waals surface area contributed by atoms with E-state index in [2.05, 4.69) is 5.32 Å². The molecule has 1 saturated heterocycles. The molecular formula is C23H28N2O4. The molecule has 0 bridgehead atoms. The lowest BCUT2D eigenvalue weighted by atomic mass is 9.96. The first-order valence-electron chi connectivity index (χ1n) is 10.1. The summed E-state index contributed by atoms with van der Waals surface area (Å²) in [6.45, 7) is 5.95. The second-order valence-electron chi connectivity index (χ2n) is 7.52. The molecule has 0 unspecified atom stereocenters. The van der Waals surface area contributed by atoms with E-state index in [1.165, 1.54) is 0 Å². The number of likely N-dealkylation sites (tertiary alicyclic amines) is 1. The van der Waals surface area contributed by atoms with Gasteiger partial charge in [-0.3, -0.25) is 9.59 Å². The quantitative estimate of drug-likeness (QED) is 0.724. The molecule has 1 aromatic heterocycles. The predicted molar refractivity (Wildman–Crippen MR) is 112 cm³/mol. The maximum Gasteiger partial charge on any atom is 0.251 e. The summed E-state index contributed by atoms with van der Waals surface area (Å²) in [5.74, 6) is 1.71. The highest BCUT2D eigenvalue weighted by atomic mass is 16.5. The molecule has 0 aliphatic carbocycles. The lowest BCUT2D eigenvalue weighted by Gasteiger charge is -2.31. The Labute approximate surface area is 171 Å². The predicted octanol–water partition coefficient (Wildman–Crippen LogP) is 3.75. The first-order valence-corrected chi connectivity index (χ1v) is 10.1. The Morgan fingerprint density at radius 1 is 1.21 bits per heavy atom. The molecule has 1 aliphatic heterocycles. The summed E-state index contributed by atoms with van der Waals surface area (Å²) in [6, 6.07) is 10.8. The summed E-state index contributed by atoms with van der Waals surface area (Å²) < 4.78 is 10.8. The third-order valence-electron chi connectivity index (χ3n) is 4.90. The number of ether oxygens (including phenoxy) is 1. The van der Waals surface area contributed by atoms with Gasteiger partial charge in [-0.25, -0.2) is 0 Å². The maximum atomic E-state index is 12.4. The Hall–Kier alpha value is -3.02. The molecule has 0 radical (unpaired) electrons. The van der Waals surface area contributed by atoms with E-state index in [9.17, 15) is 9.59 Å². The van der Waals surface area contributed by atoms with Crippen LogP contribution in [0, 0.1) is 5.92 Å². The van der Waals surface area contributed by atoms with Crippen molar-refractivity contribution in [3.05, 3.63) is 60.1 Å². The number of hydrogen-bond donors (Lipinski definition) is 1. The van der Waals surface area contributed by atoms with Crippen LogP contribution in [-0.4, -0.2) is 42.5 Å². The molecule has 1 fully saturated rings. The Bertz CT molecular complexity index is 817. The van der Waals surface area contributed by atoms with Gasteiger partial charge in [0.25, 0.3) is 5.91 Å². The van der Waals surface area contributed by atoms with Crippen molar-refractivity contribution in [2.24, 2.45) is 5.92 Å². The fourth-order valence-corrected chi connectivity index (χ4v) is 3.30. The molecule has 1 N–H and O–H groups in total. The smallest absolute Gasteiger partial charge is 0.251 e. The zero-order valence-corrected chi connectivity index (χ0v) is 17.0. The number of amides is 2. The first kappa shape index (κ1) is 20.7. The van der Waals surface area contributed by atoms with Gasteiger partial charge in [0.2, 0.25) is 5.91 Å². The van der Waals surface area contributed by atoms with Gasteiger partial charge < -0.3 is 19.4 Å². The van der Waals surface area contributed by atoms with Crippen LogP contribution in [0.1, 0.15) is 42.8 Å². The Balaban J connectivity index is 1.40. The third kappa shape index (κ3) is 6.24. The zero-order valence-electron chi connectivity index (χ0n) is 17.0. The second-order valence-corrected chi connectivity index (χ2v) is 7.52. The Kier molecular flexibility index (Phi) is 7.11. The average Bonchev–Trinajstić information content (AvgIpc) is 3.24. The lowest BCUT2D eigenvalue weighted by Crippen LogP contribution is -2.40. The van der Waals surface area contributed by atoms with Gasteiger partial charge in [0.15, 0.2) is 0 Å². The lowest BCUT2D eigenvalue weighted by molar-refractivity contribution is -0.127. The molecular weight excluding hydrogens is 368 g/mol. The highest BCUT2D eigenvalue weighted by molar-refractivity contribution is 5.94. The van der Waals surface area contributed by atoms with Crippen LogP contribution in [0.25, 0.3) is 6.08 Å². The summed E-state index contributed by atoms with van der Waals surface area (Å²) in [4.78, 5) is 26.5. The fraction of sp³-hybridized carbons (Fsp3) is 0.391. The molecule has 3 rings (SSSR count). The number of benzene rings is 1. The van der Waals surface area contributed by atoms with Crippen molar-refractivity contribution in [1.82, 2.24) is 10.2 Å². The fourth-order valence-electron chi connectivity index (χ4n) is 3.30. The van der Waals surface area contributed by atoms with Gasteiger partial charge >= 0.3 is 0 Å². The second kappa shape index (κ2) is 9.96. The van der Waals surface area contributed by atoms with Crippen LogP contribution >= 0.6 is 0 Å². The Morgan fingerprint density at radius 2 is 1.93 bits per heavy atom. The summed E-state index contributed by atoms with van der Waals surface area (Å²) in [5, 5.41) is 3.01. The number of carbonyl (C=O) groups excluding carboxylic acids is 2. The molecule has 2 heterocycles. The van der Waals surface area contributed by atoms with Crippen molar-refractivity contribution in [2.45, 2.75) is 32.8 Å². The van der Waals surface area contributed by atoms with E-state index < -0.39 is 0 Å². The largest absolute Gasteiger partial charge is 0.491 e. The highest BCUT2D eigenvalue weighted by Gasteiger charge is 2.22. The van der Waals surface area contributed by atoms with Crippen LogP contribution in [0.3, 0.4) is 0 Å². The van der Waals surface area contributed by atoms with E-state index in [-0.39, 0.29) is 17.9 Å². The van der Waals surface area contributed by atoms with E-state index in [1.807, 2.05) is 36.9 Å². The van der Waals surface area contributed by atoms with Crippen LogP contribution in [0.2, 0.25) is 0 Å². The number of nitrogens with one attached hydrogen (secondary N) is 1. The number of carbonyl (C=O) groups is 2. The van der Waals surface area contributed by atoms with Crippen molar-refractivity contribution in [3.8, 4) is 5.75 Å². The number of nitrogens with zero attached hydrogens (tertiary/aromatic N) is 1. The van der Waals surface area contributed by atoms with Crippen LogP contribution < -0.4 is 10.1 Å². The van der Waals surface area contributed by atoms with Gasteiger partial charge in [-0.1, -0.05) is 0 Å². The third-order valence-corrected chi connectivity index (χ3v) is 4.90. The van der Waals surface area contributed by atoms with Gasteiger partial charge in [-0.15, -0.1) is 0 Å². The molecule has 1 aliphatic rings. The van der Waals surface area contributed by atoms with E-state index in [4.69, 9.17) is 9.15 Å². The maximum absolute atomic E-state index is 12.4. The molecule has 0 saturated carbocycles. The van der Waals surface area contributed by atoms with Gasteiger partial charge in [-0.2, -0.15) is 0 Å². The van der Waals surface area contributed by atoms with Crippen LogP contribution in [0.15, 0.2) is 53.2 Å². The number of piperidine rings is 1. The molecule has 2 amide bonds. The number of furan rings is 1. The van der Waals surface area contributed by atoms with E-state index in [1.54, 1.807) is 36.6 Å². The molecule has 0 spiro atoms. The van der Waals surface area contributed by atoms with Crippen LogP contribution in [-0.2, 0) is 4.79 Å². The molecule has 29 heavy (non-hydrogen) atoms. The van der Waals surface area contributed by atoms with Gasteiger partial charge in [0.05, 0.1) is 12.4 Å². The van der Waals surface area contributed by atoms with E-state index in [0.29, 0.717) is 36.9 Å². The summed E-state index contributed by atoms with van der Waals surface area (Å²) in [6.07, 6.45) is 6.68. The topological polar surface area (TPSA) is 71.8 Å². The minimum Gasteiger partial charge on any atom is -0.491 e. The van der Waals surface area contributed by atoms with Gasteiger partial charge in [-0.05, 0) is 75.1 Å². The van der Waals surface area contributed by atoms with Crippen molar-refractivity contribution in [2.75, 3.05) is 19.6 Å². The molecule has 1 aromatic carbocycles. The monoisotopic (exact) mass is 396 g/mol. The normalized spacial score (nSPS) is 15.1. The number of rotatable bonds is 7. The van der Waals surface area contributed by atoms with Crippen LogP contribution in [0.5, 0.6) is 5.75 Å².